The topological polar surface area (TPSA) is 56.1 Å². The Bertz CT molecular complexity index is 1300. The molecule has 0 atom stereocenters. The van der Waals surface area contributed by atoms with Crippen molar-refractivity contribution in [2.75, 3.05) is 13.2 Å². The number of para-hydroxylation sites is 2. The number of benzene rings is 3. The van der Waals surface area contributed by atoms with Crippen LogP contribution in [0.3, 0.4) is 0 Å². The van der Waals surface area contributed by atoms with E-state index < -0.39 is 0 Å². The van der Waals surface area contributed by atoms with Gasteiger partial charge in [-0.3, -0.25) is 4.79 Å². The monoisotopic (exact) mass is 489 g/mol. The van der Waals surface area contributed by atoms with Gasteiger partial charge in [0.05, 0.1) is 17.6 Å². The molecule has 0 spiro atoms. The number of nitrogens with one attached hydrogen (secondary N) is 1. The van der Waals surface area contributed by atoms with Crippen molar-refractivity contribution >= 4 is 28.5 Å². The van der Waals surface area contributed by atoms with Crippen molar-refractivity contribution in [3.8, 4) is 5.75 Å². The van der Waals surface area contributed by atoms with Crippen molar-refractivity contribution in [3.63, 3.8) is 0 Å². The van der Waals surface area contributed by atoms with Crippen LogP contribution in [0.1, 0.15) is 46.6 Å². The molecule has 4 aromatic rings. The first-order chi connectivity index (χ1) is 17.0. The van der Waals surface area contributed by atoms with Crippen molar-refractivity contribution < 1.29 is 9.53 Å². The fourth-order valence-electron chi connectivity index (χ4n) is 4.24. The number of unbranched alkanes of at least 4 members (excludes halogenated alkanes) is 2. The molecule has 4 rings (SSSR count). The highest BCUT2D eigenvalue weighted by molar-refractivity contribution is 6.31. The quantitative estimate of drug-likeness (QED) is 0.244. The molecule has 0 aliphatic carbocycles. The van der Waals surface area contributed by atoms with Crippen molar-refractivity contribution in [1.29, 1.82) is 0 Å². The third-order valence-corrected chi connectivity index (χ3v) is 6.62. The molecule has 0 saturated heterocycles. The summed E-state index contributed by atoms with van der Waals surface area (Å²) in [5.41, 5.74) is 4.89. The number of imidazole rings is 1. The maximum atomic E-state index is 12.4. The molecule has 35 heavy (non-hydrogen) atoms. The third-order valence-electron chi connectivity index (χ3n) is 6.20. The van der Waals surface area contributed by atoms with Crippen LogP contribution in [0, 0.1) is 13.8 Å². The number of hydrogen-bond donors (Lipinski definition) is 1. The van der Waals surface area contributed by atoms with Crippen LogP contribution in [0.25, 0.3) is 11.0 Å². The first-order valence-corrected chi connectivity index (χ1v) is 12.6. The zero-order valence-corrected chi connectivity index (χ0v) is 21.1. The second-order valence-corrected chi connectivity index (χ2v) is 9.22. The lowest BCUT2D eigenvalue weighted by Crippen LogP contribution is -2.25. The largest absolute Gasteiger partial charge is 0.492 e. The van der Waals surface area contributed by atoms with Crippen LogP contribution >= 0.6 is 11.6 Å². The zero-order chi connectivity index (χ0) is 24.6. The summed E-state index contributed by atoms with van der Waals surface area (Å²) in [6.45, 7) is 5.90. The van der Waals surface area contributed by atoms with E-state index in [1.807, 2.05) is 68.4 Å². The Kier molecular flexibility index (Phi) is 8.43. The van der Waals surface area contributed by atoms with Crippen LogP contribution in [-0.4, -0.2) is 28.6 Å². The molecule has 1 aromatic heterocycles. The number of aryl methyl sites for hydroxylation is 3. The predicted octanol–water partition coefficient (Wildman–Crippen LogP) is 6.53. The average Bonchev–Trinajstić information content (AvgIpc) is 3.21. The molecule has 0 aliphatic heterocycles. The molecule has 3 aromatic carbocycles. The van der Waals surface area contributed by atoms with E-state index in [0.29, 0.717) is 13.2 Å². The summed E-state index contributed by atoms with van der Waals surface area (Å²) in [5.74, 6) is 1.90. The van der Waals surface area contributed by atoms with Gasteiger partial charge in [-0.2, -0.15) is 0 Å². The highest BCUT2D eigenvalue weighted by Crippen LogP contribution is 2.22. The van der Waals surface area contributed by atoms with E-state index >= 15 is 0 Å². The minimum atomic E-state index is 0.000716. The first-order valence-electron chi connectivity index (χ1n) is 12.2. The van der Waals surface area contributed by atoms with Crippen molar-refractivity contribution in [2.45, 2.75) is 46.1 Å². The van der Waals surface area contributed by atoms with Gasteiger partial charge in [0.2, 0.25) is 0 Å². The maximum absolute atomic E-state index is 12.4. The van der Waals surface area contributed by atoms with Crippen LogP contribution in [0.4, 0.5) is 0 Å². The number of carbonyl (C=O) groups is 1. The van der Waals surface area contributed by atoms with Gasteiger partial charge < -0.3 is 14.6 Å². The molecule has 0 saturated carbocycles. The molecule has 0 fully saturated rings. The predicted molar refractivity (Wildman–Crippen MR) is 142 cm³/mol. The van der Waals surface area contributed by atoms with Crippen LogP contribution < -0.4 is 10.1 Å². The lowest BCUT2D eigenvalue weighted by atomic mass is 10.1. The molecule has 1 heterocycles. The second-order valence-electron chi connectivity index (χ2n) is 8.81. The maximum Gasteiger partial charge on any atom is 0.251 e. The van der Waals surface area contributed by atoms with Gasteiger partial charge in [0, 0.05) is 23.6 Å². The molecule has 1 amide bonds. The number of carbonyl (C=O) groups excluding carboxylic acids is 1. The lowest BCUT2D eigenvalue weighted by Gasteiger charge is -2.12. The number of rotatable bonds is 11. The number of amides is 1. The fraction of sp³-hybridized carbons (Fsp3) is 0.310. The summed E-state index contributed by atoms with van der Waals surface area (Å²) in [7, 11) is 0. The van der Waals surface area contributed by atoms with Crippen LogP contribution in [-0.2, 0) is 13.0 Å². The van der Waals surface area contributed by atoms with Crippen molar-refractivity contribution in [3.05, 3.63) is 94.3 Å². The summed E-state index contributed by atoms with van der Waals surface area (Å²) >= 11 is 6.12. The Morgan fingerprint density at radius 3 is 2.60 bits per heavy atom. The van der Waals surface area contributed by atoms with E-state index in [2.05, 4.69) is 22.0 Å². The van der Waals surface area contributed by atoms with Crippen LogP contribution in [0.15, 0.2) is 66.7 Å². The van der Waals surface area contributed by atoms with E-state index in [1.165, 1.54) is 0 Å². The highest BCUT2D eigenvalue weighted by atomic mass is 35.5. The smallest absolute Gasteiger partial charge is 0.251 e. The molecule has 0 bridgehead atoms. The molecule has 1 N–H and O–H groups in total. The first kappa shape index (κ1) is 24.8. The van der Waals surface area contributed by atoms with Gasteiger partial charge in [0.15, 0.2) is 0 Å². The molecule has 182 valence electrons. The fourth-order valence-corrected chi connectivity index (χ4v) is 4.35. The molecular formula is C29H32ClN3O2. The third kappa shape index (κ3) is 6.43. The van der Waals surface area contributed by atoms with Gasteiger partial charge in [-0.25, -0.2) is 4.98 Å². The molecular weight excluding hydrogens is 458 g/mol. The van der Waals surface area contributed by atoms with E-state index in [4.69, 9.17) is 21.3 Å². The molecule has 5 nitrogen and oxygen atoms in total. The number of nitrogens with zero attached hydrogens (tertiary/aromatic N) is 2. The standard InChI is InChI=1S/C29H32ClN3O2/c1-21-10-5-6-11-24(21)29(34)31-17-9-3-4-14-28-32-26-12-7-8-13-27(26)33(28)18-19-35-23-15-16-25(30)22(2)20-23/h5-8,10-13,15-16,20H,3-4,9,14,17-19H2,1-2H3,(H,31,34). The van der Waals surface area contributed by atoms with E-state index in [9.17, 15) is 4.79 Å². The lowest BCUT2D eigenvalue weighted by molar-refractivity contribution is 0.0952. The number of hydrogen-bond acceptors (Lipinski definition) is 3. The summed E-state index contributed by atoms with van der Waals surface area (Å²) in [6.07, 6.45) is 3.87. The number of halogens is 1. The van der Waals surface area contributed by atoms with Gasteiger partial charge in [0.25, 0.3) is 5.91 Å². The van der Waals surface area contributed by atoms with Gasteiger partial charge in [-0.15, -0.1) is 0 Å². The van der Waals surface area contributed by atoms with Crippen LogP contribution in [0.5, 0.6) is 5.75 Å². The van der Waals surface area contributed by atoms with Crippen molar-refractivity contribution in [2.24, 2.45) is 0 Å². The highest BCUT2D eigenvalue weighted by Gasteiger charge is 2.11. The Morgan fingerprint density at radius 2 is 1.77 bits per heavy atom. The van der Waals surface area contributed by atoms with Gasteiger partial charge in [-0.05, 0) is 74.2 Å². The summed E-state index contributed by atoms with van der Waals surface area (Å²) < 4.78 is 8.26. The van der Waals surface area contributed by atoms with Crippen LogP contribution in [0.2, 0.25) is 5.02 Å². The second kappa shape index (κ2) is 11.9. The number of fused-ring (bicyclic) bond motifs is 1. The van der Waals surface area contributed by atoms with E-state index in [0.717, 1.165) is 76.5 Å². The average molecular weight is 490 g/mol. The van der Waals surface area contributed by atoms with Crippen molar-refractivity contribution in [1.82, 2.24) is 14.9 Å². The molecule has 0 aliphatic rings. The zero-order valence-electron chi connectivity index (χ0n) is 20.4. The van der Waals surface area contributed by atoms with E-state index in [-0.39, 0.29) is 5.91 Å². The number of aromatic nitrogens is 2. The summed E-state index contributed by atoms with van der Waals surface area (Å²) in [4.78, 5) is 17.2. The molecule has 0 radical (unpaired) electrons. The molecule has 6 heteroatoms. The van der Waals surface area contributed by atoms with Gasteiger partial charge in [0.1, 0.15) is 18.2 Å². The summed E-state index contributed by atoms with van der Waals surface area (Å²) in [6, 6.07) is 21.6. The normalized spacial score (nSPS) is 11.1. The van der Waals surface area contributed by atoms with Gasteiger partial charge >= 0.3 is 0 Å². The Morgan fingerprint density at radius 1 is 0.971 bits per heavy atom. The minimum absolute atomic E-state index is 0.000716. The molecule has 0 unspecified atom stereocenters. The Balaban J connectivity index is 1.28. The van der Waals surface area contributed by atoms with E-state index in [1.54, 1.807) is 0 Å². The number of ether oxygens (including phenoxy) is 1. The minimum Gasteiger partial charge on any atom is -0.492 e. The Hall–Kier alpha value is -3.31. The summed E-state index contributed by atoms with van der Waals surface area (Å²) in [5, 5.41) is 3.78. The Labute approximate surface area is 212 Å². The SMILES string of the molecule is Cc1cc(OCCn2c(CCCCCNC(=O)c3ccccc3C)nc3ccccc32)ccc1Cl. The van der Waals surface area contributed by atoms with Gasteiger partial charge in [-0.1, -0.05) is 48.4 Å².